The predicted molar refractivity (Wildman–Crippen MR) is 67.2 cm³/mol. The first-order chi connectivity index (χ1) is 8.29. The Labute approximate surface area is 108 Å². The average molecular weight is 260 g/mol. The molecule has 1 heterocycles. The van der Waals surface area contributed by atoms with E-state index in [1.807, 2.05) is 0 Å². The van der Waals surface area contributed by atoms with E-state index in [-0.39, 0.29) is 6.61 Å². The van der Waals surface area contributed by atoms with Crippen LogP contribution in [0.5, 0.6) is 0 Å². The molecule has 0 aromatic carbocycles. The van der Waals surface area contributed by atoms with Crippen molar-refractivity contribution < 1.29 is 19.4 Å². The van der Waals surface area contributed by atoms with Crippen LogP contribution in [0.25, 0.3) is 0 Å². The number of nitrogens with one attached hydrogen (secondary N) is 1. The van der Waals surface area contributed by atoms with E-state index in [9.17, 15) is 9.90 Å². The molecule has 1 saturated heterocycles. The SMILES string of the molecule is CC(C)(C)OC(=O)NC1([C@H](O)CCN)CCOC1. The second kappa shape index (κ2) is 5.86. The third kappa shape index (κ3) is 4.12. The van der Waals surface area contributed by atoms with E-state index in [1.165, 1.54) is 0 Å². The van der Waals surface area contributed by atoms with Gasteiger partial charge in [0.2, 0.25) is 0 Å². The van der Waals surface area contributed by atoms with Gasteiger partial charge in [-0.1, -0.05) is 0 Å². The minimum atomic E-state index is -0.776. The summed E-state index contributed by atoms with van der Waals surface area (Å²) in [4.78, 5) is 11.8. The van der Waals surface area contributed by atoms with Crippen LogP contribution in [-0.4, -0.2) is 48.2 Å². The minimum Gasteiger partial charge on any atom is -0.444 e. The molecule has 1 aliphatic rings. The predicted octanol–water partition coefficient (Wildman–Crippen LogP) is 0.380. The maximum Gasteiger partial charge on any atom is 0.408 e. The number of carbonyl (C=O) groups is 1. The molecule has 1 aliphatic heterocycles. The number of hydrogen-bond donors (Lipinski definition) is 3. The zero-order valence-electron chi connectivity index (χ0n) is 11.4. The van der Waals surface area contributed by atoms with Crippen LogP contribution in [0.15, 0.2) is 0 Å². The highest BCUT2D eigenvalue weighted by Crippen LogP contribution is 2.25. The molecule has 0 bridgehead atoms. The lowest BCUT2D eigenvalue weighted by molar-refractivity contribution is 0.0146. The van der Waals surface area contributed by atoms with Gasteiger partial charge in [0.15, 0.2) is 0 Å². The maximum atomic E-state index is 11.8. The largest absolute Gasteiger partial charge is 0.444 e. The molecule has 0 saturated carbocycles. The number of hydrogen-bond acceptors (Lipinski definition) is 5. The molecule has 4 N–H and O–H groups in total. The molecule has 1 amide bonds. The Morgan fingerprint density at radius 1 is 1.61 bits per heavy atom. The third-order valence-corrected chi connectivity index (χ3v) is 2.88. The highest BCUT2D eigenvalue weighted by molar-refractivity contribution is 5.69. The van der Waals surface area contributed by atoms with E-state index < -0.39 is 23.3 Å². The first-order valence-corrected chi connectivity index (χ1v) is 6.26. The van der Waals surface area contributed by atoms with Gasteiger partial charge in [0.05, 0.1) is 18.2 Å². The van der Waals surface area contributed by atoms with Gasteiger partial charge >= 0.3 is 6.09 Å². The van der Waals surface area contributed by atoms with Crippen LogP contribution >= 0.6 is 0 Å². The first-order valence-electron chi connectivity index (χ1n) is 6.26. The Morgan fingerprint density at radius 3 is 2.72 bits per heavy atom. The molecule has 0 spiro atoms. The summed E-state index contributed by atoms with van der Waals surface area (Å²) in [5.41, 5.74) is 4.10. The van der Waals surface area contributed by atoms with E-state index in [0.29, 0.717) is 26.0 Å². The minimum absolute atomic E-state index is 0.285. The van der Waals surface area contributed by atoms with Crippen LogP contribution in [0.3, 0.4) is 0 Å². The number of alkyl carbamates (subject to hydrolysis) is 1. The van der Waals surface area contributed by atoms with Gasteiger partial charge in [0.1, 0.15) is 5.60 Å². The smallest absolute Gasteiger partial charge is 0.408 e. The summed E-state index contributed by atoms with van der Waals surface area (Å²) in [6.07, 6.45) is -0.284. The monoisotopic (exact) mass is 260 g/mol. The van der Waals surface area contributed by atoms with Crippen molar-refractivity contribution in [2.45, 2.75) is 50.9 Å². The van der Waals surface area contributed by atoms with Crippen molar-refractivity contribution in [2.75, 3.05) is 19.8 Å². The molecule has 1 fully saturated rings. The molecule has 6 nitrogen and oxygen atoms in total. The van der Waals surface area contributed by atoms with Crippen molar-refractivity contribution in [3.63, 3.8) is 0 Å². The molecule has 0 aromatic heterocycles. The highest BCUT2D eigenvalue weighted by Gasteiger charge is 2.43. The summed E-state index contributed by atoms with van der Waals surface area (Å²) >= 11 is 0. The standard InChI is InChI=1S/C12H24N2O4/c1-11(2,3)18-10(16)14-12(5-7-17-8-12)9(15)4-6-13/h9,15H,4-8,13H2,1-3H3,(H,14,16)/t9-,12?/m1/s1. The fourth-order valence-electron chi connectivity index (χ4n) is 1.97. The molecule has 2 atom stereocenters. The number of aliphatic hydroxyl groups is 1. The molecule has 0 aromatic rings. The van der Waals surface area contributed by atoms with Crippen LogP contribution < -0.4 is 11.1 Å². The fourth-order valence-corrected chi connectivity index (χ4v) is 1.97. The van der Waals surface area contributed by atoms with E-state index in [4.69, 9.17) is 15.2 Å². The van der Waals surface area contributed by atoms with Crippen LogP contribution in [-0.2, 0) is 9.47 Å². The second-order valence-electron chi connectivity index (χ2n) is 5.68. The molecule has 106 valence electrons. The Morgan fingerprint density at radius 2 is 2.28 bits per heavy atom. The Kier molecular flexibility index (Phi) is 4.95. The lowest BCUT2D eigenvalue weighted by Crippen LogP contribution is -2.58. The topological polar surface area (TPSA) is 93.8 Å². The summed E-state index contributed by atoms with van der Waals surface area (Å²) in [5.74, 6) is 0. The van der Waals surface area contributed by atoms with Crippen molar-refractivity contribution in [3.05, 3.63) is 0 Å². The lowest BCUT2D eigenvalue weighted by Gasteiger charge is -2.34. The lowest BCUT2D eigenvalue weighted by atomic mass is 9.89. The molecular formula is C12H24N2O4. The molecule has 0 radical (unpaired) electrons. The Bertz CT molecular complexity index is 282. The van der Waals surface area contributed by atoms with Gasteiger partial charge < -0.3 is 25.6 Å². The fraction of sp³-hybridized carbons (Fsp3) is 0.917. The number of nitrogens with two attached hydrogens (primary N) is 1. The zero-order chi connectivity index (χ0) is 13.8. The summed E-state index contributed by atoms with van der Waals surface area (Å²) in [7, 11) is 0. The van der Waals surface area contributed by atoms with Crippen molar-refractivity contribution in [1.82, 2.24) is 5.32 Å². The maximum absolute atomic E-state index is 11.8. The van der Waals surface area contributed by atoms with Crippen molar-refractivity contribution in [2.24, 2.45) is 5.73 Å². The van der Waals surface area contributed by atoms with Crippen molar-refractivity contribution in [1.29, 1.82) is 0 Å². The van der Waals surface area contributed by atoms with Crippen LogP contribution in [0.2, 0.25) is 0 Å². The van der Waals surface area contributed by atoms with E-state index in [0.717, 1.165) is 0 Å². The Balaban J connectivity index is 2.65. The van der Waals surface area contributed by atoms with Gasteiger partial charge in [0, 0.05) is 6.61 Å². The number of ether oxygens (including phenoxy) is 2. The molecule has 1 unspecified atom stereocenters. The van der Waals surface area contributed by atoms with Gasteiger partial charge in [-0.3, -0.25) is 0 Å². The molecule has 0 aliphatic carbocycles. The molecule has 18 heavy (non-hydrogen) atoms. The van der Waals surface area contributed by atoms with Crippen molar-refractivity contribution >= 4 is 6.09 Å². The highest BCUT2D eigenvalue weighted by atomic mass is 16.6. The zero-order valence-corrected chi connectivity index (χ0v) is 11.4. The third-order valence-electron chi connectivity index (χ3n) is 2.88. The number of carbonyl (C=O) groups excluding carboxylic acids is 1. The molecule has 1 rings (SSSR count). The summed E-state index contributed by atoms with van der Waals surface area (Å²) in [6.45, 7) is 6.53. The van der Waals surface area contributed by atoms with Gasteiger partial charge in [-0.15, -0.1) is 0 Å². The average Bonchev–Trinajstić information content (AvgIpc) is 2.64. The van der Waals surface area contributed by atoms with Gasteiger partial charge in [-0.25, -0.2) is 4.79 Å². The van der Waals surface area contributed by atoms with Gasteiger partial charge in [-0.2, -0.15) is 0 Å². The van der Waals surface area contributed by atoms with E-state index in [1.54, 1.807) is 20.8 Å². The van der Waals surface area contributed by atoms with E-state index >= 15 is 0 Å². The summed E-state index contributed by atoms with van der Waals surface area (Å²) in [5, 5.41) is 12.9. The molecule has 6 heteroatoms. The van der Waals surface area contributed by atoms with Gasteiger partial charge in [0.25, 0.3) is 0 Å². The number of aliphatic hydroxyl groups excluding tert-OH is 1. The Hall–Kier alpha value is -0.850. The summed E-state index contributed by atoms with van der Waals surface area (Å²) in [6, 6.07) is 0. The van der Waals surface area contributed by atoms with Crippen LogP contribution in [0, 0.1) is 0 Å². The second-order valence-corrected chi connectivity index (χ2v) is 5.68. The summed E-state index contributed by atoms with van der Waals surface area (Å²) < 4.78 is 10.5. The van der Waals surface area contributed by atoms with Crippen molar-refractivity contribution in [3.8, 4) is 0 Å². The molecular weight excluding hydrogens is 236 g/mol. The quantitative estimate of drug-likeness (QED) is 0.679. The normalized spacial score (nSPS) is 25.8. The van der Waals surface area contributed by atoms with Crippen LogP contribution in [0.1, 0.15) is 33.6 Å². The van der Waals surface area contributed by atoms with E-state index in [2.05, 4.69) is 5.32 Å². The number of amides is 1. The first kappa shape index (κ1) is 15.2. The number of rotatable bonds is 4. The van der Waals surface area contributed by atoms with Gasteiger partial charge in [-0.05, 0) is 40.2 Å². The van der Waals surface area contributed by atoms with Crippen LogP contribution in [0.4, 0.5) is 4.79 Å².